The van der Waals surface area contributed by atoms with Gasteiger partial charge >= 0.3 is 0 Å². The third kappa shape index (κ3) is 12.8. The SMILES string of the molecule is CCOCCOc1cc(C)ccc1CNC(=NC)NCCCCOCCc1ccccc1.I. The van der Waals surface area contributed by atoms with Crippen molar-refractivity contribution in [3.05, 3.63) is 65.2 Å². The molecule has 184 valence electrons. The molecule has 0 atom stereocenters. The third-order valence-electron chi connectivity index (χ3n) is 4.97. The van der Waals surface area contributed by atoms with Crippen molar-refractivity contribution in [2.75, 3.05) is 46.6 Å². The zero-order chi connectivity index (χ0) is 22.9. The summed E-state index contributed by atoms with van der Waals surface area (Å²) in [4.78, 5) is 4.32. The maximum absolute atomic E-state index is 5.92. The van der Waals surface area contributed by atoms with Crippen LogP contribution in [0.15, 0.2) is 53.5 Å². The van der Waals surface area contributed by atoms with E-state index in [0.717, 1.165) is 56.3 Å². The molecule has 7 heteroatoms. The van der Waals surface area contributed by atoms with Crippen molar-refractivity contribution in [2.45, 2.75) is 39.7 Å². The number of aryl methyl sites for hydroxylation is 1. The lowest BCUT2D eigenvalue weighted by molar-refractivity contribution is 0.110. The van der Waals surface area contributed by atoms with Gasteiger partial charge in [0.2, 0.25) is 0 Å². The molecule has 0 saturated heterocycles. The van der Waals surface area contributed by atoms with Crippen LogP contribution in [0, 0.1) is 6.92 Å². The Morgan fingerprint density at radius 3 is 2.48 bits per heavy atom. The van der Waals surface area contributed by atoms with Gasteiger partial charge < -0.3 is 24.8 Å². The number of hydrogen-bond acceptors (Lipinski definition) is 4. The zero-order valence-corrected chi connectivity index (χ0v) is 22.6. The molecule has 0 aliphatic carbocycles. The fourth-order valence-corrected chi connectivity index (χ4v) is 3.17. The molecule has 0 heterocycles. The molecule has 0 aliphatic heterocycles. The van der Waals surface area contributed by atoms with Crippen LogP contribution >= 0.6 is 24.0 Å². The van der Waals surface area contributed by atoms with Crippen molar-refractivity contribution in [1.29, 1.82) is 0 Å². The van der Waals surface area contributed by atoms with E-state index in [1.807, 2.05) is 13.0 Å². The summed E-state index contributed by atoms with van der Waals surface area (Å²) < 4.78 is 17.0. The lowest BCUT2D eigenvalue weighted by Gasteiger charge is -2.15. The summed E-state index contributed by atoms with van der Waals surface area (Å²) in [6.45, 7) is 8.95. The van der Waals surface area contributed by atoms with E-state index < -0.39 is 0 Å². The third-order valence-corrected chi connectivity index (χ3v) is 4.97. The number of ether oxygens (including phenoxy) is 3. The van der Waals surface area contributed by atoms with Crippen LogP contribution in [0.5, 0.6) is 5.75 Å². The first-order valence-corrected chi connectivity index (χ1v) is 11.6. The van der Waals surface area contributed by atoms with Gasteiger partial charge in [0, 0.05) is 38.9 Å². The summed E-state index contributed by atoms with van der Waals surface area (Å²) in [6, 6.07) is 16.7. The number of nitrogens with one attached hydrogen (secondary N) is 2. The Balaban J connectivity index is 0.00000544. The Hall–Kier alpha value is -1.84. The first-order valence-electron chi connectivity index (χ1n) is 11.6. The maximum Gasteiger partial charge on any atom is 0.191 e. The monoisotopic (exact) mass is 569 g/mol. The van der Waals surface area contributed by atoms with E-state index in [0.29, 0.717) is 26.4 Å². The van der Waals surface area contributed by atoms with Crippen LogP contribution in [0.25, 0.3) is 0 Å². The van der Waals surface area contributed by atoms with Gasteiger partial charge in [0.1, 0.15) is 12.4 Å². The van der Waals surface area contributed by atoms with E-state index in [-0.39, 0.29) is 24.0 Å². The molecule has 2 aromatic carbocycles. The highest BCUT2D eigenvalue weighted by Crippen LogP contribution is 2.20. The number of guanidine groups is 1. The second-order valence-electron chi connectivity index (χ2n) is 7.56. The molecule has 0 saturated carbocycles. The molecule has 0 unspecified atom stereocenters. The molecule has 0 bridgehead atoms. The van der Waals surface area contributed by atoms with E-state index in [2.05, 4.69) is 65.0 Å². The van der Waals surface area contributed by atoms with Gasteiger partial charge in [-0.25, -0.2) is 0 Å². The Kier molecular flexibility index (Phi) is 16.4. The lowest BCUT2D eigenvalue weighted by atomic mass is 10.1. The minimum atomic E-state index is 0. The molecule has 0 radical (unpaired) electrons. The molecule has 2 rings (SSSR count). The number of nitrogens with zero attached hydrogens (tertiary/aromatic N) is 1. The molecule has 0 amide bonds. The van der Waals surface area contributed by atoms with Gasteiger partial charge in [-0.05, 0) is 50.3 Å². The molecule has 0 spiro atoms. The number of benzene rings is 2. The second kappa shape index (κ2) is 18.6. The normalized spacial score (nSPS) is 11.1. The minimum absolute atomic E-state index is 0. The average molecular weight is 570 g/mol. The lowest BCUT2D eigenvalue weighted by Crippen LogP contribution is -2.37. The quantitative estimate of drug-likeness (QED) is 0.141. The predicted molar refractivity (Wildman–Crippen MR) is 147 cm³/mol. The topological polar surface area (TPSA) is 64.1 Å². The van der Waals surface area contributed by atoms with E-state index in [1.54, 1.807) is 7.05 Å². The molecule has 6 nitrogen and oxygen atoms in total. The van der Waals surface area contributed by atoms with Crippen molar-refractivity contribution < 1.29 is 14.2 Å². The fraction of sp³-hybridized carbons (Fsp3) is 0.500. The van der Waals surface area contributed by atoms with Crippen molar-refractivity contribution in [1.82, 2.24) is 10.6 Å². The van der Waals surface area contributed by atoms with Gasteiger partial charge in [0.25, 0.3) is 0 Å². The number of hydrogen-bond donors (Lipinski definition) is 2. The van der Waals surface area contributed by atoms with Crippen LogP contribution in [0.4, 0.5) is 0 Å². The highest BCUT2D eigenvalue weighted by molar-refractivity contribution is 14.0. The smallest absolute Gasteiger partial charge is 0.191 e. The predicted octanol–water partition coefficient (Wildman–Crippen LogP) is 4.73. The summed E-state index contributed by atoms with van der Waals surface area (Å²) in [5.74, 6) is 1.68. The van der Waals surface area contributed by atoms with Gasteiger partial charge in [-0.3, -0.25) is 4.99 Å². The molecule has 2 aromatic rings. The Morgan fingerprint density at radius 2 is 1.73 bits per heavy atom. The van der Waals surface area contributed by atoms with Crippen LogP contribution < -0.4 is 15.4 Å². The Morgan fingerprint density at radius 1 is 0.909 bits per heavy atom. The first-order chi connectivity index (χ1) is 15.7. The number of rotatable bonds is 15. The molecular weight excluding hydrogens is 529 g/mol. The van der Waals surface area contributed by atoms with Crippen LogP contribution in [0.1, 0.15) is 36.5 Å². The van der Waals surface area contributed by atoms with Gasteiger partial charge in [0.05, 0.1) is 13.2 Å². The van der Waals surface area contributed by atoms with Crippen molar-refractivity contribution in [2.24, 2.45) is 4.99 Å². The van der Waals surface area contributed by atoms with Crippen molar-refractivity contribution >= 4 is 29.9 Å². The summed E-state index contributed by atoms with van der Waals surface area (Å²) in [5.41, 5.74) is 3.59. The number of aliphatic imine (C=N–C) groups is 1. The maximum atomic E-state index is 5.92. The van der Waals surface area contributed by atoms with E-state index in [1.165, 1.54) is 11.1 Å². The molecule has 0 aliphatic rings. The second-order valence-corrected chi connectivity index (χ2v) is 7.56. The zero-order valence-electron chi connectivity index (χ0n) is 20.3. The van der Waals surface area contributed by atoms with Gasteiger partial charge in [-0.1, -0.05) is 42.5 Å². The van der Waals surface area contributed by atoms with Gasteiger partial charge in [0.15, 0.2) is 5.96 Å². The van der Waals surface area contributed by atoms with Crippen molar-refractivity contribution in [3.8, 4) is 5.75 Å². The Bertz CT molecular complexity index is 788. The average Bonchev–Trinajstić information content (AvgIpc) is 2.82. The van der Waals surface area contributed by atoms with Crippen LogP contribution in [-0.2, 0) is 22.4 Å². The van der Waals surface area contributed by atoms with E-state index in [9.17, 15) is 0 Å². The summed E-state index contributed by atoms with van der Waals surface area (Å²) in [7, 11) is 1.79. The van der Waals surface area contributed by atoms with Crippen LogP contribution in [0.3, 0.4) is 0 Å². The van der Waals surface area contributed by atoms with Crippen molar-refractivity contribution in [3.63, 3.8) is 0 Å². The van der Waals surface area contributed by atoms with Crippen LogP contribution in [0.2, 0.25) is 0 Å². The van der Waals surface area contributed by atoms with E-state index in [4.69, 9.17) is 14.2 Å². The largest absolute Gasteiger partial charge is 0.491 e. The summed E-state index contributed by atoms with van der Waals surface area (Å²) in [6.07, 6.45) is 3.02. The minimum Gasteiger partial charge on any atom is -0.491 e. The first kappa shape index (κ1) is 29.2. The van der Waals surface area contributed by atoms with Crippen LogP contribution in [-0.4, -0.2) is 52.6 Å². The standard InChI is InChI=1S/C26H39N3O3.HI/c1-4-30-18-19-32-25-20-22(2)12-13-24(25)21-29-26(27-3)28-15-8-9-16-31-17-14-23-10-6-5-7-11-23;/h5-7,10-13,20H,4,8-9,14-19,21H2,1-3H3,(H2,27,28,29);1H. The van der Waals surface area contributed by atoms with E-state index >= 15 is 0 Å². The molecule has 33 heavy (non-hydrogen) atoms. The molecule has 0 fully saturated rings. The molecular formula is C26H40IN3O3. The molecule has 2 N–H and O–H groups in total. The Labute approximate surface area is 216 Å². The highest BCUT2D eigenvalue weighted by Gasteiger charge is 2.06. The summed E-state index contributed by atoms with van der Waals surface area (Å²) in [5, 5.41) is 6.74. The molecule has 0 aromatic heterocycles. The summed E-state index contributed by atoms with van der Waals surface area (Å²) >= 11 is 0. The van der Waals surface area contributed by atoms with Gasteiger partial charge in [-0.15, -0.1) is 24.0 Å². The number of unbranched alkanes of at least 4 members (excludes halogenated alkanes) is 1. The highest BCUT2D eigenvalue weighted by atomic mass is 127. The number of halogens is 1. The van der Waals surface area contributed by atoms with Gasteiger partial charge in [-0.2, -0.15) is 0 Å². The fourth-order valence-electron chi connectivity index (χ4n) is 3.17.